The van der Waals surface area contributed by atoms with Crippen LogP contribution in [0.2, 0.25) is 0 Å². The summed E-state index contributed by atoms with van der Waals surface area (Å²) in [5.74, 6) is 0.284. The van der Waals surface area contributed by atoms with E-state index in [1.165, 1.54) is 0 Å². The van der Waals surface area contributed by atoms with Crippen LogP contribution in [0.1, 0.15) is 0 Å². The highest BCUT2D eigenvalue weighted by atomic mass is 16.5. The Morgan fingerprint density at radius 3 is 2.70 bits per heavy atom. The number of benzene rings is 1. The maximum Gasteiger partial charge on any atom is 0.267 e. The number of nitrogens with two attached hydrogens (primary N) is 1. The number of carbonyl (C=O) groups excluding carboxylic acids is 1. The molecule has 0 spiro atoms. The highest BCUT2D eigenvalue weighted by Crippen LogP contribution is 2.27. The predicted molar refractivity (Wildman–Crippen MR) is 103 cm³/mol. The first kappa shape index (κ1) is 18.9. The summed E-state index contributed by atoms with van der Waals surface area (Å²) in [4.78, 5) is 20.1. The molecule has 1 aromatic heterocycles. The van der Waals surface area contributed by atoms with E-state index in [9.17, 15) is 4.79 Å². The number of rotatable bonds is 9. The monoisotopic (exact) mass is 372 g/mol. The van der Waals surface area contributed by atoms with Crippen LogP contribution in [0, 0.1) is 0 Å². The lowest BCUT2D eigenvalue weighted by Gasteiger charge is -2.37. The molecule has 9 nitrogen and oxygen atoms in total. The summed E-state index contributed by atoms with van der Waals surface area (Å²) in [5.41, 5.74) is 7.62. The van der Waals surface area contributed by atoms with Crippen molar-refractivity contribution in [3.8, 4) is 0 Å². The standard InChI is InChI=1S/C18H24N6O3/c1-26-7-5-23(6-8-27-2)17-10-16(18(19)25)20-12-24(17)14-3-4-15-13(9-14)11-21-22-15/h3-4,9-11H,5-8,12H2,1-2H3,(H2,19,25)(H,21,22). The van der Waals surface area contributed by atoms with Gasteiger partial charge < -0.3 is 25.0 Å². The number of carbonyl (C=O) groups is 1. The first-order valence-electron chi connectivity index (χ1n) is 8.63. The molecule has 0 saturated heterocycles. The maximum absolute atomic E-state index is 11.7. The van der Waals surface area contributed by atoms with E-state index in [0.717, 1.165) is 22.4 Å². The van der Waals surface area contributed by atoms with Crippen LogP contribution in [0.15, 0.2) is 41.3 Å². The van der Waals surface area contributed by atoms with Crippen LogP contribution in [-0.2, 0) is 14.3 Å². The summed E-state index contributed by atoms with van der Waals surface area (Å²) in [6, 6.07) is 5.99. The van der Waals surface area contributed by atoms with E-state index in [1.54, 1.807) is 26.5 Å². The van der Waals surface area contributed by atoms with E-state index in [0.29, 0.717) is 33.0 Å². The lowest BCUT2D eigenvalue weighted by molar-refractivity contribution is -0.111. The Labute approximate surface area is 157 Å². The molecule has 0 saturated carbocycles. The minimum Gasteiger partial charge on any atom is -0.383 e. The number of aliphatic imine (C=N–C) groups is 1. The van der Waals surface area contributed by atoms with E-state index in [4.69, 9.17) is 15.2 Å². The van der Waals surface area contributed by atoms with Gasteiger partial charge in [-0.3, -0.25) is 14.9 Å². The Morgan fingerprint density at radius 2 is 2.04 bits per heavy atom. The van der Waals surface area contributed by atoms with Gasteiger partial charge in [-0.05, 0) is 18.2 Å². The third-order valence-electron chi connectivity index (χ3n) is 4.37. The molecule has 9 heteroatoms. The molecule has 3 rings (SSSR count). The van der Waals surface area contributed by atoms with Gasteiger partial charge in [0.1, 0.15) is 18.2 Å². The minimum atomic E-state index is -0.545. The van der Waals surface area contributed by atoms with Gasteiger partial charge in [-0.2, -0.15) is 5.10 Å². The largest absolute Gasteiger partial charge is 0.383 e. The predicted octanol–water partition coefficient (Wildman–Crippen LogP) is 0.703. The summed E-state index contributed by atoms with van der Waals surface area (Å²) in [6.45, 7) is 2.66. The van der Waals surface area contributed by atoms with Crippen LogP contribution in [0.25, 0.3) is 10.9 Å². The van der Waals surface area contributed by atoms with Gasteiger partial charge in [0.05, 0.1) is 24.9 Å². The van der Waals surface area contributed by atoms with E-state index in [-0.39, 0.29) is 5.71 Å². The molecule has 2 heterocycles. The van der Waals surface area contributed by atoms with Crippen molar-refractivity contribution in [3.63, 3.8) is 0 Å². The number of anilines is 1. The topological polar surface area (TPSA) is 109 Å². The number of primary amides is 1. The average Bonchev–Trinajstić information content (AvgIpc) is 3.15. The molecule has 2 aromatic rings. The Morgan fingerprint density at radius 1 is 1.30 bits per heavy atom. The summed E-state index contributed by atoms with van der Waals surface area (Å²) in [7, 11) is 3.31. The van der Waals surface area contributed by atoms with Crippen LogP contribution >= 0.6 is 0 Å². The lowest BCUT2D eigenvalue weighted by Crippen LogP contribution is -2.43. The average molecular weight is 372 g/mol. The first-order chi connectivity index (χ1) is 13.1. The molecule has 1 aromatic carbocycles. The second-order valence-corrected chi connectivity index (χ2v) is 6.09. The molecule has 1 amide bonds. The van der Waals surface area contributed by atoms with Crippen LogP contribution in [0.5, 0.6) is 0 Å². The second-order valence-electron chi connectivity index (χ2n) is 6.09. The summed E-state index contributed by atoms with van der Waals surface area (Å²) in [6.07, 6.45) is 3.49. The number of ether oxygens (including phenoxy) is 2. The number of fused-ring (bicyclic) bond motifs is 1. The van der Waals surface area contributed by atoms with Gasteiger partial charge in [-0.1, -0.05) is 0 Å². The van der Waals surface area contributed by atoms with Crippen molar-refractivity contribution in [3.05, 3.63) is 36.3 Å². The maximum atomic E-state index is 11.7. The van der Waals surface area contributed by atoms with Crippen molar-refractivity contribution in [2.24, 2.45) is 10.7 Å². The smallest absolute Gasteiger partial charge is 0.267 e. The number of aromatic amines is 1. The minimum absolute atomic E-state index is 0.255. The van der Waals surface area contributed by atoms with Crippen molar-refractivity contribution in [1.29, 1.82) is 0 Å². The molecule has 0 radical (unpaired) electrons. The van der Waals surface area contributed by atoms with Gasteiger partial charge in [-0.25, -0.2) is 0 Å². The van der Waals surface area contributed by atoms with Crippen LogP contribution in [0.4, 0.5) is 5.69 Å². The number of aromatic nitrogens is 2. The number of nitrogens with one attached hydrogen (secondary N) is 1. The van der Waals surface area contributed by atoms with Gasteiger partial charge in [0.15, 0.2) is 0 Å². The van der Waals surface area contributed by atoms with Crippen molar-refractivity contribution in [1.82, 2.24) is 15.1 Å². The highest BCUT2D eigenvalue weighted by Gasteiger charge is 2.24. The van der Waals surface area contributed by atoms with Gasteiger partial charge in [-0.15, -0.1) is 0 Å². The molecule has 0 atom stereocenters. The van der Waals surface area contributed by atoms with Gasteiger partial charge >= 0.3 is 0 Å². The Balaban J connectivity index is 1.97. The third-order valence-corrected chi connectivity index (χ3v) is 4.37. The van der Waals surface area contributed by atoms with Crippen molar-refractivity contribution >= 4 is 28.2 Å². The molecule has 144 valence electrons. The van der Waals surface area contributed by atoms with Crippen molar-refractivity contribution in [2.45, 2.75) is 0 Å². The fraction of sp³-hybridized carbons (Fsp3) is 0.389. The molecule has 27 heavy (non-hydrogen) atoms. The molecule has 3 N–H and O–H groups in total. The third kappa shape index (κ3) is 4.26. The van der Waals surface area contributed by atoms with E-state index in [1.807, 2.05) is 23.1 Å². The number of nitrogens with zero attached hydrogens (tertiary/aromatic N) is 4. The van der Waals surface area contributed by atoms with E-state index in [2.05, 4.69) is 20.1 Å². The fourth-order valence-electron chi connectivity index (χ4n) is 2.93. The van der Waals surface area contributed by atoms with Crippen molar-refractivity contribution < 1.29 is 14.3 Å². The zero-order chi connectivity index (χ0) is 19.2. The zero-order valence-corrected chi connectivity index (χ0v) is 15.5. The Bertz CT molecular complexity index is 852. The summed E-state index contributed by atoms with van der Waals surface area (Å²) in [5, 5.41) is 8.01. The SMILES string of the molecule is COCCN(CCOC)C1=CC(C(N)=O)=NCN1c1ccc2[nH]ncc2c1. The number of hydrogen-bond acceptors (Lipinski definition) is 7. The highest BCUT2D eigenvalue weighted by molar-refractivity contribution is 6.43. The molecular formula is C18H24N6O3. The zero-order valence-electron chi connectivity index (χ0n) is 15.5. The quantitative estimate of drug-likeness (QED) is 0.671. The number of H-pyrrole nitrogens is 1. The summed E-state index contributed by atoms with van der Waals surface area (Å²) >= 11 is 0. The second kappa shape index (κ2) is 8.65. The molecule has 0 aliphatic carbocycles. The van der Waals surface area contributed by atoms with Crippen LogP contribution in [0.3, 0.4) is 0 Å². The van der Waals surface area contributed by atoms with E-state index >= 15 is 0 Å². The van der Waals surface area contributed by atoms with Gasteiger partial charge in [0.2, 0.25) is 0 Å². The first-order valence-corrected chi connectivity index (χ1v) is 8.63. The Kier molecular flexibility index (Phi) is 6.05. The van der Waals surface area contributed by atoms with Crippen LogP contribution < -0.4 is 10.6 Å². The molecule has 0 unspecified atom stereocenters. The van der Waals surface area contributed by atoms with Crippen molar-refractivity contribution in [2.75, 3.05) is 52.1 Å². The Hall–Kier alpha value is -2.91. The van der Waals surface area contributed by atoms with E-state index < -0.39 is 5.91 Å². The molecular weight excluding hydrogens is 348 g/mol. The van der Waals surface area contributed by atoms with Gasteiger partial charge in [0.25, 0.3) is 5.91 Å². The summed E-state index contributed by atoms with van der Waals surface area (Å²) < 4.78 is 10.5. The fourth-order valence-corrected chi connectivity index (χ4v) is 2.93. The number of hydrogen-bond donors (Lipinski definition) is 2. The molecule has 0 bridgehead atoms. The van der Waals surface area contributed by atoms with Crippen LogP contribution in [-0.4, -0.2) is 73.9 Å². The molecule has 1 aliphatic heterocycles. The molecule has 1 aliphatic rings. The molecule has 0 fully saturated rings. The number of amides is 1. The normalized spacial score (nSPS) is 14.2. The lowest BCUT2D eigenvalue weighted by atomic mass is 10.2. The number of methoxy groups -OCH3 is 2. The van der Waals surface area contributed by atoms with Gasteiger partial charge in [0, 0.05) is 44.5 Å².